The molecule has 0 aromatic heterocycles. The summed E-state index contributed by atoms with van der Waals surface area (Å²) in [5, 5.41) is 13.8. The Morgan fingerprint density at radius 3 is 2.22 bits per heavy atom. The number of carboxylic acid groups (broad SMARTS) is 1. The van der Waals surface area contributed by atoms with Gasteiger partial charge in [0.2, 0.25) is 5.91 Å². The number of nitrogens with one attached hydrogen (secondary N) is 2. The third-order valence-electron chi connectivity index (χ3n) is 2.17. The van der Waals surface area contributed by atoms with E-state index in [2.05, 4.69) is 10.6 Å². The number of nitrogens with zero attached hydrogens (tertiary/aromatic N) is 1. The predicted octanol–water partition coefficient (Wildman–Crippen LogP) is -0.127. The Labute approximate surface area is 107 Å². The van der Waals surface area contributed by atoms with Gasteiger partial charge in [-0.25, -0.2) is 4.79 Å². The molecule has 3 amide bonds. The van der Waals surface area contributed by atoms with Gasteiger partial charge in [0, 0.05) is 19.6 Å². The maximum atomic E-state index is 11.5. The van der Waals surface area contributed by atoms with Crippen LogP contribution in [0.5, 0.6) is 0 Å². The molecule has 0 aromatic rings. The van der Waals surface area contributed by atoms with Crippen molar-refractivity contribution in [3.05, 3.63) is 0 Å². The van der Waals surface area contributed by atoms with E-state index in [0.717, 1.165) is 0 Å². The summed E-state index contributed by atoms with van der Waals surface area (Å²) in [6.45, 7) is 5.12. The van der Waals surface area contributed by atoms with Crippen LogP contribution in [0, 0.1) is 5.92 Å². The molecule has 7 nitrogen and oxygen atoms in total. The van der Waals surface area contributed by atoms with Gasteiger partial charge in [0.1, 0.15) is 0 Å². The minimum absolute atomic E-state index is 0.0131. The second kappa shape index (κ2) is 7.52. The van der Waals surface area contributed by atoms with E-state index in [1.807, 2.05) is 13.8 Å². The van der Waals surface area contributed by atoms with Crippen LogP contribution in [-0.2, 0) is 9.59 Å². The van der Waals surface area contributed by atoms with Crippen molar-refractivity contribution in [2.24, 2.45) is 5.92 Å². The van der Waals surface area contributed by atoms with Crippen LogP contribution < -0.4 is 10.6 Å². The van der Waals surface area contributed by atoms with Gasteiger partial charge in [-0.1, -0.05) is 6.92 Å². The molecule has 18 heavy (non-hydrogen) atoms. The Bertz CT molecular complexity index is 317. The zero-order chi connectivity index (χ0) is 14.3. The van der Waals surface area contributed by atoms with E-state index in [-0.39, 0.29) is 25.0 Å². The summed E-state index contributed by atoms with van der Waals surface area (Å²) >= 11 is 0. The highest BCUT2D eigenvalue weighted by molar-refractivity contribution is 5.84. The number of carbonyl (C=O) groups is 3. The largest absolute Gasteiger partial charge is 0.481 e. The average molecular weight is 259 g/mol. The first-order chi connectivity index (χ1) is 8.23. The molecule has 7 heteroatoms. The Morgan fingerprint density at radius 2 is 1.78 bits per heavy atom. The van der Waals surface area contributed by atoms with Crippen LogP contribution in [0.15, 0.2) is 0 Å². The lowest BCUT2D eigenvalue weighted by atomic mass is 10.2. The number of carboxylic acids is 1. The summed E-state index contributed by atoms with van der Waals surface area (Å²) in [5.74, 6) is -1.89. The smallest absolute Gasteiger partial charge is 0.317 e. The summed E-state index contributed by atoms with van der Waals surface area (Å²) in [5.41, 5.74) is 0. The fourth-order valence-electron chi connectivity index (χ4n) is 1.24. The lowest BCUT2D eigenvalue weighted by Gasteiger charge is -2.20. The molecule has 1 atom stereocenters. The van der Waals surface area contributed by atoms with E-state index >= 15 is 0 Å². The van der Waals surface area contributed by atoms with Crippen LogP contribution in [-0.4, -0.2) is 54.1 Å². The summed E-state index contributed by atoms with van der Waals surface area (Å²) < 4.78 is 0. The molecule has 0 spiro atoms. The van der Waals surface area contributed by atoms with Crippen LogP contribution in [0.1, 0.15) is 20.8 Å². The Hall–Kier alpha value is -1.79. The van der Waals surface area contributed by atoms with Crippen molar-refractivity contribution >= 4 is 17.9 Å². The van der Waals surface area contributed by atoms with E-state index in [0.29, 0.717) is 0 Å². The van der Waals surface area contributed by atoms with Gasteiger partial charge in [-0.3, -0.25) is 9.59 Å². The molecule has 104 valence electrons. The van der Waals surface area contributed by atoms with Crippen molar-refractivity contribution in [1.82, 2.24) is 15.5 Å². The first-order valence-corrected chi connectivity index (χ1v) is 5.75. The number of aliphatic carboxylic acids is 1. The van der Waals surface area contributed by atoms with Gasteiger partial charge in [0.15, 0.2) is 0 Å². The number of hydrogen-bond acceptors (Lipinski definition) is 3. The fourth-order valence-corrected chi connectivity index (χ4v) is 1.24. The molecule has 0 heterocycles. The molecule has 0 aliphatic rings. The maximum absolute atomic E-state index is 11.5. The maximum Gasteiger partial charge on any atom is 0.317 e. The number of urea groups is 1. The molecule has 1 unspecified atom stereocenters. The predicted molar refractivity (Wildman–Crippen MR) is 66.1 cm³/mol. The third-order valence-corrected chi connectivity index (χ3v) is 2.17. The topological polar surface area (TPSA) is 98.7 Å². The number of hydrogen-bond donors (Lipinski definition) is 3. The van der Waals surface area contributed by atoms with Crippen LogP contribution in [0.4, 0.5) is 4.79 Å². The third kappa shape index (κ3) is 6.72. The highest BCUT2D eigenvalue weighted by atomic mass is 16.4. The molecule has 3 N–H and O–H groups in total. The SMILES string of the molecule is CC(C)NC(=O)CNC(=O)N(C)CC(C)C(=O)O. The van der Waals surface area contributed by atoms with E-state index in [9.17, 15) is 14.4 Å². The van der Waals surface area contributed by atoms with Gasteiger partial charge in [-0.2, -0.15) is 0 Å². The lowest BCUT2D eigenvalue weighted by Crippen LogP contribution is -2.45. The van der Waals surface area contributed by atoms with E-state index in [4.69, 9.17) is 5.11 Å². The highest BCUT2D eigenvalue weighted by Crippen LogP contribution is 1.98. The Kier molecular flexibility index (Phi) is 6.77. The average Bonchev–Trinajstić information content (AvgIpc) is 2.24. The molecule has 0 radical (unpaired) electrons. The lowest BCUT2D eigenvalue weighted by molar-refractivity contribution is -0.141. The van der Waals surface area contributed by atoms with Gasteiger partial charge in [-0.05, 0) is 13.8 Å². The molecule has 0 saturated heterocycles. The zero-order valence-electron chi connectivity index (χ0n) is 11.2. The second-order valence-electron chi connectivity index (χ2n) is 4.50. The Balaban J connectivity index is 4.02. The summed E-state index contributed by atoms with van der Waals surface area (Å²) in [6.07, 6.45) is 0. The van der Waals surface area contributed by atoms with Crippen molar-refractivity contribution in [1.29, 1.82) is 0 Å². The molecular weight excluding hydrogens is 238 g/mol. The number of amides is 3. The first-order valence-electron chi connectivity index (χ1n) is 5.75. The number of carbonyl (C=O) groups excluding carboxylic acids is 2. The Morgan fingerprint density at radius 1 is 1.22 bits per heavy atom. The molecule has 0 aromatic carbocycles. The van der Waals surface area contributed by atoms with E-state index in [1.54, 1.807) is 0 Å². The van der Waals surface area contributed by atoms with Crippen LogP contribution in [0.2, 0.25) is 0 Å². The fraction of sp³-hybridized carbons (Fsp3) is 0.727. The van der Waals surface area contributed by atoms with Gasteiger partial charge in [0.25, 0.3) is 0 Å². The molecule has 0 rings (SSSR count). The highest BCUT2D eigenvalue weighted by Gasteiger charge is 2.17. The normalized spacial score (nSPS) is 11.8. The summed E-state index contributed by atoms with van der Waals surface area (Å²) in [6, 6.07) is -0.457. The minimum Gasteiger partial charge on any atom is -0.481 e. The molecule has 0 saturated carbocycles. The van der Waals surface area contributed by atoms with Gasteiger partial charge in [-0.15, -0.1) is 0 Å². The van der Waals surface area contributed by atoms with Crippen molar-refractivity contribution in [3.8, 4) is 0 Å². The number of rotatable bonds is 6. The van der Waals surface area contributed by atoms with Gasteiger partial charge in [0.05, 0.1) is 12.5 Å². The minimum atomic E-state index is -0.966. The second-order valence-corrected chi connectivity index (χ2v) is 4.50. The van der Waals surface area contributed by atoms with E-state index in [1.165, 1.54) is 18.9 Å². The van der Waals surface area contributed by atoms with E-state index < -0.39 is 17.9 Å². The zero-order valence-corrected chi connectivity index (χ0v) is 11.2. The molecule has 0 fully saturated rings. The monoisotopic (exact) mass is 259 g/mol. The standard InChI is InChI=1S/C11H21N3O4/c1-7(2)13-9(15)5-12-11(18)14(4)6-8(3)10(16)17/h7-8H,5-6H2,1-4H3,(H,12,18)(H,13,15)(H,16,17). The quantitative estimate of drug-likeness (QED) is 0.619. The summed E-state index contributed by atoms with van der Waals surface area (Å²) in [4.78, 5) is 34.7. The first kappa shape index (κ1) is 16.2. The van der Waals surface area contributed by atoms with Crippen LogP contribution >= 0.6 is 0 Å². The molecule has 0 aliphatic heterocycles. The van der Waals surface area contributed by atoms with Crippen molar-refractivity contribution < 1.29 is 19.5 Å². The molecular formula is C11H21N3O4. The van der Waals surface area contributed by atoms with Crippen molar-refractivity contribution in [3.63, 3.8) is 0 Å². The molecule has 0 bridgehead atoms. The summed E-state index contributed by atoms with van der Waals surface area (Å²) in [7, 11) is 1.48. The molecule has 0 aliphatic carbocycles. The van der Waals surface area contributed by atoms with Crippen LogP contribution in [0.25, 0.3) is 0 Å². The van der Waals surface area contributed by atoms with Crippen molar-refractivity contribution in [2.45, 2.75) is 26.8 Å². The van der Waals surface area contributed by atoms with Crippen LogP contribution in [0.3, 0.4) is 0 Å². The van der Waals surface area contributed by atoms with Gasteiger partial charge < -0.3 is 20.6 Å². The van der Waals surface area contributed by atoms with Crippen molar-refractivity contribution in [2.75, 3.05) is 20.1 Å². The van der Waals surface area contributed by atoms with Gasteiger partial charge >= 0.3 is 12.0 Å².